The van der Waals surface area contributed by atoms with Gasteiger partial charge in [0.05, 0.1) is 0 Å². The molecule has 0 atom stereocenters. The van der Waals surface area contributed by atoms with Crippen molar-refractivity contribution in [2.45, 2.75) is 5.64 Å². The molecule has 0 amide bonds. The van der Waals surface area contributed by atoms with Gasteiger partial charge in [0.2, 0.25) is 0 Å². The Balaban J connectivity index is -0.0000000200. The maximum Gasteiger partial charge on any atom is 0 e. The van der Waals surface area contributed by atoms with Crippen LogP contribution in [0.5, 0.6) is 0 Å². The van der Waals surface area contributed by atoms with Crippen molar-refractivity contribution in [3.05, 3.63) is 0 Å². The zero-order valence-electron chi connectivity index (χ0n) is 2.58. The molecule has 0 spiro atoms. The van der Waals surface area contributed by atoms with E-state index in [2.05, 4.69) is 23.0 Å². The summed E-state index contributed by atoms with van der Waals surface area (Å²) in [5, 5.41) is 0. The predicted octanol–water partition coefficient (Wildman–Crippen LogP) is 0.574. The van der Waals surface area contributed by atoms with E-state index in [0.717, 1.165) is 0 Å². The minimum absolute atomic E-state index is 0. The summed E-state index contributed by atoms with van der Waals surface area (Å²) in [6.45, 7) is 0. The van der Waals surface area contributed by atoms with Crippen LogP contribution < -0.4 is 0 Å². The minimum Gasteiger partial charge on any atom is 0 e. The molecule has 0 aliphatic carbocycles. The quantitative estimate of drug-likeness (QED) is 0.566. The molecular weight excluding hydrogens is 270 g/mol. The first-order chi connectivity index (χ1) is 1.41. The fourth-order valence-electron chi connectivity index (χ4n) is 0. The zero-order valence-corrected chi connectivity index (χ0v) is 8.25. The minimum atomic E-state index is 0. The predicted molar refractivity (Wildman–Crippen MR) is 5.86 cm³/mol. The molecule has 0 nitrogen and oxygen atoms in total. The standard InChI is InChI=1S/CH3.Cr.Mo.Ni.V/h1H3;;;;. The fourth-order valence-corrected chi connectivity index (χ4v) is 0. The summed E-state index contributed by atoms with van der Waals surface area (Å²) in [6.07, 6.45) is 0. The van der Waals surface area contributed by atoms with Crippen LogP contribution in [0.25, 0.3) is 0 Å². The number of rotatable bonds is 0. The Kier molecular flexibility index (Phi) is 50.9. The van der Waals surface area contributed by atoms with Crippen molar-refractivity contribution in [2.75, 3.05) is 0 Å². The Morgan fingerprint density at radius 1 is 1.60 bits per heavy atom. The molecule has 0 fully saturated rings. The van der Waals surface area contributed by atoms with Gasteiger partial charge in [-0.1, -0.05) is 0 Å². The van der Waals surface area contributed by atoms with Crippen molar-refractivity contribution in [1.29, 1.82) is 0 Å². The van der Waals surface area contributed by atoms with Crippen molar-refractivity contribution >= 4 is 0 Å². The van der Waals surface area contributed by atoms with E-state index in [9.17, 15) is 0 Å². The van der Waals surface area contributed by atoms with E-state index in [1.165, 1.54) is 0 Å². The molecule has 0 saturated carbocycles. The second-order valence-corrected chi connectivity index (χ2v) is 4.45. The summed E-state index contributed by atoms with van der Waals surface area (Å²) in [6, 6.07) is 0. The normalized spacial score (nSPS) is 2.60. The van der Waals surface area contributed by atoms with Crippen LogP contribution in [0.1, 0.15) is 0 Å². The Labute approximate surface area is 69.6 Å². The Morgan fingerprint density at radius 3 is 1.60 bits per heavy atom. The second kappa shape index (κ2) is 16.3. The van der Waals surface area contributed by atoms with Gasteiger partial charge in [-0.25, -0.2) is 0 Å². The van der Waals surface area contributed by atoms with Gasteiger partial charge in [0.15, 0.2) is 0 Å². The first-order valence-corrected chi connectivity index (χ1v) is 6.30. The molecule has 0 bridgehead atoms. The van der Waals surface area contributed by atoms with E-state index in [4.69, 9.17) is 0 Å². The Hall–Kier alpha value is 2.30. The van der Waals surface area contributed by atoms with E-state index >= 15 is 0 Å². The molecule has 5 heavy (non-hydrogen) atoms. The van der Waals surface area contributed by atoms with Crippen LogP contribution in [-0.4, -0.2) is 0 Å². The number of hydrogen-bond acceptors (Lipinski definition) is 0. The summed E-state index contributed by atoms with van der Waals surface area (Å²) < 4.78 is 0. The molecule has 0 aromatic rings. The van der Waals surface area contributed by atoms with Gasteiger partial charge in [-0.05, 0) is 0 Å². The summed E-state index contributed by atoms with van der Waals surface area (Å²) in [4.78, 5) is 0. The molecule has 0 rings (SSSR count). The van der Waals surface area contributed by atoms with E-state index in [1.807, 2.05) is 0 Å². The molecule has 0 aliphatic heterocycles. The van der Waals surface area contributed by atoms with Crippen molar-refractivity contribution in [2.24, 2.45) is 0 Å². The van der Waals surface area contributed by atoms with Gasteiger partial charge >= 0.3 is 36.6 Å². The SMILES string of the molecule is [CH3][V][Mo].[Cr].[Ni]. The van der Waals surface area contributed by atoms with Gasteiger partial charge in [-0.15, -0.1) is 0 Å². The summed E-state index contributed by atoms with van der Waals surface area (Å²) in [7, 11) is 0. The topological polar surface area (TPSA) is 0 Å². The molecule has 0 unspecified atom stereocenters. The molecule has 0 aromatic heterocycles. The van der Waals surface area contributed by atoms with Crippen LogP contribution in [0, 0.1) is 0 Å². The van der Waals surface area contributed by atoms with Crippen LogP contribution in [0.2, 0.25) is 5.64 Å². The third-order valence-corrected chi connectivity index (χ3v) is 0. The van der Waals surface area contributed by atoms with Crippen molar-refractivity contribution in [3.63, 3.8) is 0 Å². The molecule has 0 aliphatic rings. The summed E-state index contributed by atoms with van der Waals surface area (Å²) in [5.41, 5.74) is 2.22. The third-order valence-electron chi connectivity index (χ3n) is 0. The van der Waals surface area contributed by atoms with E-state index in [0.29, 0.717) is 13.5 Å². The molecule has 0 aromatic carbocycles. The van der Waals surface area contributed by atoms with Gasteiger partial charge in [0.25, 0.3) is 0 Å². The first-order valence-electron chi connectivity index (χ1n) is 0.630. The molecular formula is CH3CrMoNiV. The van der Waals surface area contributed by atoms with E-state index in [1.54, 1.807) is 0 Å². The first kappa shape index (κ1) is 15.7. The Bertz CT molecular complexity index is 11.6. The van der Waals surface area contributed by atoms with Gasteiger partial charge in [-0.2, -0.15) is 0 Å². The van der Waals surface area contributed by atoms with E-state index in [-0.39, 0.29) is 33.9 Å². The monoisotopic (exact) mass is 274 g/mol. The maximum atomic E-state index is 2.22. The van der Waals surface area contributed by atoms with Crippen molar-refractivity contribution < 1.29 is 64.8 Å². The molecule has 34 valence electrons. The molecule has 0 radical (unpaired) electrons. The molecule has 0 heterocycles. The van der Waals surface area contributed by atoms with Crippen molar-refractivity contribution in [1.82, 2.24) is 0 Å². The van der Waals surface area contributed by atoms with Crippen LogP contribution in [0.15, 0.2) is 0 Å². The maximum absolute atomic E-state index is 2.22. The van der Waals surface area contributed by atoms with Crippen LogP contribution in [0.4, 0.5) is 0 Å². The van der Waals surface area contributed by atoms with Gasteiger partial charge in [0, 0.05) is 33.9 Å². The Morgan fingerprint density at radius 2 is 1.60 bits per heavy atom. The second-order valence-electron chi connectivity index (χ2n) is 0.183. The average molecular weight is 273 g/mol. The van der Waals surface area contributed by atoms with Crippen LogP contribution >= 0.6 is 0 Å². The molecule has 0 N–H and O–H groups in total. The zero-order chi connectivity index (χ0) is 2.71. The third kappa shape index (κ3) is 22.0. The largest absolute Gasteiger partial charge is 0 e. The smallest absolute Gasteiger partial charge is 0 e. The van der Waals surface area contributed by atoms with Crippen molar-refractivity contribution in [3.8, 4) is 0 Å². The summed E-state index contributed by atoms with van der Waals surface area (Å²) >= 11 is 2.86. The van der Waals surface area contributed by atoms with Gasteiger partial charge in [0.1, 0.15) is 0 Å². The molecule has 0 saturated heterocycles. The summed E-state index contributed by atoms with van der Waals surface area (Å²) in [5.74, 6) is 0. The van der Waals surface area contributed by atoms with Gasteiger partial charge in [-0.3, -0.25) is 0 Å². The van der Waals surface area contributed by atoms with Gasteiger partial charge < -0.3 is 0 Å². The average Bonchev–Trinajstić information content (AvgIpc) is 0.918. The number of hydrogen-bond donors (Lipinski definition) is 0. The van der Waals surface area contributed by atoms with Crippen LogP contribution in [0.3, 0.4) is 0 Å². The van der Waals surface area contributed by atoms with E-state index < -0.39 is 0 Å². The van der Waals surface area contributed by atoms with Crippen LogP contribution in [-0.2, 0) is 64.8 Å². The fraction of sp³-hybridized carbons (Fsp3) is 1.00. The molecule has 4 heteroatoms.